The summed E-state index contributed by atoms with van der Waals surface area (Å²) in [6, 6.07) is 22.9. The van der Waals surface area contributed by atoms with E-state index in [0.29, 0.717) is 13.0 Å². The van der Waals surface area contributed by atoms with E-state index in [4.69, 9.17) is 4.74 Å². The molecule has 0 aliphatic heterocycles. The van der Waals surface area contributed by atoms with Crippen LogP contribution in [0.1, 0.15) is 32.6 Å². The normalized spacial score (nSPS) is 10.5. The molecule has 0 fully saturated rings. The molecule has 136 valence electrons. The average molecular weight is 380 g/mol. The van der Waals surface area contributed by atoms with Gasteiger partial charge in [-0.05, 0) is 30.0 Å². The number of hydrogen-bond acceptors (Lipinski definition) is 3. The van der Waals surface area contributed by atoms with E-state index in [-0.39, 0.29) is 35.1 Å². The minimum atomic E-state index is -1.15. The van der Waals surface area contributed by atoms with E-state index >= 15 is 0 Å². The number of aryl methyl sites for hydroxylation is 1. The molecule has 0 saturated carbocycles. The van der Waals surface area contributed by atoms with Gasteiger partial charge in [0.15, 0.2) is 0 Å². The van der Waals surface area contributed by atoms with E-state index in [1.165, 1.54) is 0 Å². The number of aromatic carboxylic acids is 1. The molecule has 0 aliphatic rings. The molecule has 0 atom stereocenters. The van der Waals surface area contributed by atoms with Crippen molar-refractivity contribution in [1.82, 2.24) is 0 Å². The minimum Gasteiger partial charge on any atom is -0.545 e. The second kappa shape index (κ2) is 10.9. The number of para-hydroxylation sites is 1. The molecular weight excluding hydrogens is 359 g/mol. The van der Waals surface area contributed by atoms with Crippen LogP contribution in [0, 0.1) is 6.92 Å². The quantitative estimate of drug-likeness (QED) is 0.579. The fraction of sp³-hybridized carbons (Fsp3) is 0.125. The summed E-state index contributed by atoms with van der Waals surface area (Å²) in [5, 5.41) is 11.2. The molecule has 0 unspecified atom stereocenters. The van der Waals surface area contributed by atoms with E-state index in [1.54, 1.807) is 18.2 Å². The first-order valence-electron chi connectivity index (χ1n) is 8.87. The number of carboxylic acid groups (broad SMARTS) is 1. The van der Waals surface area contributed by atoms with E-state index in [2.05, 4.69) is 0 Å². The minimum absolute atomic E-state index is 0. The van der Waals surface area contributed by atoms with Crippen LogP contribution in [-0.4, -0.2) is 5.97 Å². The molecule has 28 heavy (non-hydrogen) atoms. The molecule has 3 aromatic carbocycles. The van der Waals surface area contributed by atoms with E-state index in [1.807, 2.05) is 73.7 Å². The number of allylic oxidation sites excluding steroid dienone is 1. The van der Waals surface area contributed by atoms with E-state index in [9.17, 15) is 9.90 Å². The maximum atomic E-state index is 11.2. The summed E-state index contributed by atoms with van der Waals surface area (Å²) in [5.41, 5.74) is 4.10. The second-order valence-electron chi connectivity index (χ2n) is 6.32. The Morgan fingerprint density at radius 2 is 1.68 bits per heavy atom. The van der Waals surface area contributed by atoms with Crippen molar-refractivity contribution < 1.29 is 44.2 Å². The standard InChI is InChI=1S/C24H22O3.Na/c1-18-9-7-14-21(23(18)27-17-19-10-3-2-4-11-19)15-8-13-20-12-5-6-16-22(20)24(25)26;/h2-12,14-16H,13,17H2,1H3,(H,25,26);/q;+1/p-1/b15-8+;. The summed E-state index contributed by atoms with van der Waals surface area (Å²) >= 11 is 0. The zero-order chi connectivity index (χ0) is 19.1. The zero-order valence-electron chi connectivity index (χ0n) is 16.2. The Morgan fingerprint density at radius 3 is 2.43 bits per heavy atom. The summed E-state index contributed by atoms with van der Waals surface area (Å²) in [4.78, 5) is 11.2. The van der Waals surface area contributed by atoms with Crippen molar-refractivity contribution in [3.8, 4) is 5.75 Å². The molecule has 0 N–H and O–H groups in total. The van der Waals surface area contributed by atoms with E-state index in [0.717, 1.165) is 28.0 Å². The molecule has 3 aromatic rings. The van der Waals surface area contributed by atoms with Crippen molar-refractivity contribution in [3.05, 3.63) is 107 Å². The smallest absolute Gasteiger partial charge is 0.545 e. The van der Waals surface area contributed by atoms with Crippen LogP contribution in [0.5, 0.6) is 5.75 Å². The third kappa shape index (κ3) is 5.83. The SMILES string of the molecule is Cc1cccc(/C=C/Cc2ccccc2C(=O)[O-])c1OCc1ccccc1.[Na+]. The van der Waals surface area contributed by atoms with Crippen molar-refractivity contribution in [3.63, 3.8) is 0 Å². The molecule has 0 aliphatic carbocycles. The van der Waals surface area contributed by atoms with Crippen LogP contribution in [0.4, 0.5) is 0 Å². The monoisotopic (exact) mass is 380 g/mol. The molecule has 0 aromatic heterocycles. The number of carboxylic acids is 1. The maximum Gasteiger partial charge on any atom is 1.00 e. The van der Waals surface area contributed by atoms with Crippen LogP contribution in [0.3, 0.4) is 0 Å². The van der Waals surface area contributed by atoms with Crippen molar-refractivity contribution in [1.29, 1.82) is 0 Å². The first kappa shape index (κ1) is 22.0. The van der Waals surface area contributed by atoms with Gasteiger partial charge in [0.25, 0.3) is 0 Å². The first-order chi connectivity index (χ1) is 13.1. The third-order valence-corrected chi connectivity index (χ3v) is 4.34. The van der Waals surface area contributed by atoms with Gasteiger partial charge in [0.1, 0.15) is 12.4 Å². The van der Waals surface area contributed by atoms with Crippen molar-refractivity contribution in [2.45, 2.75) is 20.0 Å². The van der Waals surface area contributed by atoms with Gasteiger partial charge in [0, 0.05) is 11.1 Å². The first-order valence-corrected chi connectivity index (χ1v) is 8.87. The van der Waals surface area contributed by atoms with Gasteiger partial charge < -0.3 is 14.6 Å². The van der Waals surface area contributed by atoms with Gasteiger partial charge in [0.2, 0.25) is 0 Å². The Kier molecular flexibility index (Phi) is 8.52. The maximum absolute atomic E-state index is 11.2. The fourth-order valence-corrected chi connectivity index (χ4v) is 2.94. The second-order valence-corrected chi connectivity index (χ2v) is 6.32. The summed E-state index contributed by atoms with van der Waals surface area (Å²) in [6.07, 6.45) is 4.43. The summed E-state index contributed by atoms with van der Waals surface area (Å²) in [7, 11) is 0. The largest absolute Gasteiger partial charge is 1.00 e. The predicted octanol–water partition coefficient (Wildman–Crippen LogP) is 1.20. The summed E-state index contributed by atoms with van der Waals surface area (Å²) in [6.45, 7) is 2.52. The molecule has 0 heterocycles. The Labute approximate surface area is 188 Å². The summed E-state index contributed by atoms with van der Waals surface area (Å²) in [5.74, 6) is -0.313. The van der Waals surface area contributed by atoms with Crippen LogP contribution < -0.4 is 39.4 Å². The number of carbonyl (C=O) groups is 1. The fourth-order valence-electron chi connectivity index (χ4n) is 2.94. The average Bonchev–Trinajstić information content (AvgIpc) is 2.68. The van der Waals surface area contributed by atoms with Crippen LogP contribution in [0.15, 0.2) is 78.9 Å². The number of rotatable bonds is 7. The third-order valence-electron chi connectivity index (χ3n) is 4.34. The van der Waals surface area contributed by atoms with Crippen molar-refractivity contribution in [2.75, 3.05) is 0 Å². The Balaban J connectivity index is 0.00000280. The van der Waals surface area contributed by atoms with Gasteiger partial charge in [0.05, 0.1) is 5.97 Å². The molecule has 3 rings (SSSR count). The number of carbonyl (C=O) groups excluding carboxylic acids is 1. The van der Waals surface area contributed by atoms with Crippen LogP contribution >= 0.6 is 0 Å². The molecule has 0 saturated heterocycles. The van der Waals surface area contributed by atoms with Gasteiger partial charge >= 0.3 is 29.6 Å². The number of benzene rings is 3. The van der Waals surface area contributed by atoms with E-state index < -0.39 is 5.97 Å². The molecule has 4 heteroatoms. The Morgan fingerprint density at radius 1 is 0.964 bits per heavy atom. The van der Waals surface area contributed by atoms with Gasteiger partial charge in [-0.15, -0.1) is 0 Å². The molecule has 0 spiro atoms. The van der Waals surface area contributed by atoms with Crippen molar-refractivity contribution in [2.24, 2.45) is 0 Å². The molecule has 0 amide bonds. The number of ether oxygens (including phenoxy) is 1. The summed E-state index contributed by atoms with van der Waals surface area (Å²) < 4.78 is 6.06. The Hall–Kier alpha value is -2.33. The molecule has 0 radical (unpaired) electrons. The van der Waals surface area contributed by atoms with Gasteiger partial charge in [-0.3, -0.25) is 0 Å². The topological polar surface area (TPSA) is 49.4 Å². The van der Waals surface area contributed by atoms with Gasteiger partial charge in [-0.1, -0.05) is 84.9 Å². The van der Waals surface area contributed by atoms with Crippen LogP contribution in [0.25, 0.3) is 6.08 Å². The van der Waals surface area contributed by atoms with Gasteiger partial charge in [-0.25, -0.2) is 0 Å². The van der Waals surface area contributed by atoms with Crippen LogP contribution in [0.2, 0.25) is 0 Å². The molecule has 3 nitrogen and oxygen atoms in total. The Bertz CT molecular complexity index is 949. The zero-order valence-corrected chi connectivity index (χ0v) is 18.2. The van der Waals surface area contributed by atoms with Crippen LogP contribution in [-0.2, 0) is 13.0 Å². The molecule has 0 bridgehead atoms. The number of hydrogen-bond donors (Lipinski definition) is 0. The molecular formula is C24H21NaO3. The van der Waals surface area contributed by atoms with Gasteiger partial charge in [-0.2, -0.15) is 0 Å². The van der Waals surface area contributed by atoms with Crippen molar-refractivity contribution >= 4 is 12.0 Å². The predicted molar refractivity (Wildman–Crippen MR) is 105 cm³/mol.